The van der Waals surface area contributed by atoms with Crippen molar-refractivity contribution in [1.82, 2.24) is 9.78 Å². The van der Waals surface area contributed by atoms with E-state index in [4.69, 9.17) is 0 Å². The number of carbonyl (C=O) groups is 1. The lowest BCUT2D eigenvalue weighted by molar-refractivity contribution is 0.101. The molecule has 0 atom stereocenters. The molecule has 4 nitrogen and oxygen atoms in total. The highest BCUT2D eigenvalue weighted by Crippen LogP contribution is 2.32. The van der Waals surface area contributed by atoms with Gasteiger partial charge in [0.2, 0.25) is 0 Å². The van der Waals surface area contributed by atoms with Crippen LogP contribution in [0.4, 0.5) is 0 Å². The quantitative estimate of drug-likeness (QED) is 0.826. The van der Waals surface area contributed by atoms with Crippen molar-refractivity contribution in [3.8, 4) is 17.0 Å². The maximum Gasteiger partial charge on any atom is 0.183 e. The third-order valence-electron chi connectivity index (χ3n) is 2.85. The van der Waals surface area contributed by atoms with Gasteiger partial charge < -0.3 is 5.11 Å². The van der Waals surface area contributed by atoms with Gasteiger partial charge in [-0.05, 0) is 26.0 Å². The van der Waals surface area contributed by atoms with E-state index in [2.05, 4.69) is 11.2 Å². The van der Waals surface area contributed by atoms with E-state index >= 15 is 0 Å². The SMILES string of the molecule is CC(=O)c1nn(C)c(-c2cc(C)cc(C)c2)c1O. The Morgan fingerprint density at radius 2 is 1.78 bits per heavy atom. The molecule has 94 valence electrons. The Balaban J connectivity index is 2.67. The summed E-state index contributed by atoms with van der Waals surface area (Å²) in [5.74, 6) is -0.284. The summed E-state index contributed by atoms with van der Waals surface area (Å²) in [6.45, 7) is 5.39. The van der Waals surface area contributed by atoms with E-state index in [0.717, 1.165) is 16.7 Å². The molecule has 0 fully saturated rings. The number of Topliss-reactive ketones (excluding diaryl/α,β-unsaturated/α-hetero) is 1. The molecule has 0 spiro atoms. The minimum absolute atomic E-state index is 0.0463. The van der Waals surface area contributed by atoms with Crippen molar-refractivity contribution in [3.63, 3.8) is 0 Å². The van der Waals surface area contributed by atoms with Crippen LogP contribution in [0.1, 0.15) is 28.5 Å². The predicted molar refractivity (Wildman–Crippen MR) is 69.8 cm³/mol. The molecule has 0 bridgehead atoms. The van der Waals surface area contributed by atoms with Crippen LogP contribution in [-0.2, 0) is 7.05 Å². The summed E-state index contributed by atoms with van der Waals surface area (Å²) >= 11 is 0. The normalized spacial score (nSPS) is 10.7. The summed E-state index contributed by atoms with van der Waals surface area (Å²) in [6, 6.07) is 5.99. The van der Waals surface area contributed by atoms with E-state index in [9.17, 15) is 9.90 Å². The molecule has 1 aromatic carbocycles. The summed E-state index contributed by atoms with van der Waals surface area (Å²) in [6.07, 6.45) is 0. The first kappa shape index (κ1) is 12.4. The van der Waals surface area contributed by atoms with Crippen molar-refractivity contribution >= 4 is 5.78 Å². The van der Waals surface area contributed by atoms with Crippen molar-refractivity contribution < 1.29 is 9.90 Å². The monoisotopic (exact) mass is 244 g/mol. The Morgan fingerprint density at radius 1 is 1.22 bits per heavy atom. The largest absolute Gasteiger partial charge is 0.504 e. The average Bonchev–Trinajstić information content (AvgIpc) is 2.52. The van der Waals surface area contributed by atoms with Gasteiger partial charge in [0.05, 0.1) is 0 Å². The van der Waals surface area contributed by atoms with E-state index < -0.39 is 0 Å². The number of aromatic nitrogens is 2. The van der Waals surface area contributed by atoms with Crippen molar-refractivity contribution in [2.75, 3.05) is 0 Å². The number of hydrogen-bond acceptors (Lipinski definition) is 3. The van der Waals surface area contributed by atoms with Crippen molar-refractivity contribution in [1.29, 1.82) is 0 Å². The molecule has 0 aliphatic carbocycles. The average molecular weight is 244 g/mol. The van der Waals surface area contributed by atoms with Crippen LogP contribution in [0.5, 0.6) is 5.75 Å². The molecular formula is C14H16N2O2. The predicted octanol–water partition coefficient (Wildman–Crippen LogP) is 2.61. The third kappa shape index (κ3) is 2.01. The van der Waals surface area contributed by atoms with Gasteiger partial charge in [-0.3, -0.25) is 9.48 Å². The van der Waals surface area contributed by atoms with Crippen LogP contribution in [0, 0.1) is 13.8 Å². The smallest absolute Gasteiger partial charge is 0.183 e. The van der Waals surface area contributed by atoms with Crippen LogP contribution in [0.25, 0.3) is 11.3 Å². The van der Waals surface area contributed by atoms with Crippen LogP contribution in [0.2, 0.25) is 0 Å². The number of ketones is 1. The molecular weight excluding hydrogens is 228 g/mol. The zero-order chi connectivity index (χ0) is 13.4. The van der Waals surface area contributed by atoms with E-state index in [1.165, 1.54) is 6.92 Å². The number of carbonyl (C=O) groups excluding carboxylic acids is 1. The zero-order valence-corrected chi connectivity index (χ0v) is 11.0. The Hall–Kier alpha value is -2.10. The number of rotatable bonds is 2. The van der Waals surface area contributed by atoms with E-state index in [-0.39, 0.29) is 17.2 Å². The van der Waals surface area contributed by atoms with E-state index in [1.54, 1.807) is 11.7 Å². The number of benzene rings is 1. The number of hydrogen-bond donors (Lipinski definition) is 1. The molecule has 2 aromatic rings. The molecule has 0 saturated heterocycles. The molecule has 1 aromatic heterocycles. The van der Waals surface area contributed by atoms with E-state index in [1.807, 2.05) is 26.0 Å². The first-order chi connectivity index (χ1) is 8.40. The minimum Gasteiger partial charge on any atom is -0.504 e. The summed E-state index contributed by atoms with van der Waals surface area (Å²) in [4.78, 5) is 11.4. The van der Waals surface area contributed by atoms with Crippen LogP contribution in [0.3, 0.4) is 0 Å². The van der Waals surface area contributed by atoms with Crippen molar-refractivity contribution in [2.45, 2.75) is 20.8 Å². The fraction of sp³-hybridized carbons (Fsp3) is 0.286. The third-order valence-corrected chi connectivity index (χ3v) is 2.85. The number of nitrogens with zero attached hydrogens (tertiary/aromatic N) is 2. The van der Waals surface area contributed by atoms with Gasteiger partial charge in [-0.2, -0.15) is 5.10 Å². The standard InChI is InChI=1S/C14H16N2O2/c1-8-5-9(2)7-11(6-8)13-14(18)12(10(3)17)15-16(13)4/h5-7,18H,1-4H3. The Labute approximate surface area is 106 Å². The van der Waals surface area contributed by atoms with Crippen molar-refractivity contribution in [2.24, 2.45) is 7.05 Å². The van der Waals surface area contributed by atoms with E-state index in [0.29, 0.717) is 5.69 Å². The summed E-state index contributed by atoms with van der Waals surface area (Å²) in [7, 11) is 1.72. The topological polar surface area (TPSA) is 55.1 Å². The first-order valence-corrected chi connectivity index (χ1v) is 5.75. The lowest BCUT2D eigenvalue weighted by Gasteiger charge is -2.06. The van der Waals surface area contributed by atoms with Gasteiger partial charge >= 0.3 is 0 Å². The van der Waals surface area contributed by atoms with Gasteiger partial charge in [0, 0.05) is 19.5 Å². The fourth-order valence-corrected chi connectivity index (χ4v) is 2.18. The van der Waals surface area contributed by atoms with Crippen LogP contribution in [-0.4, -0.2) is 20.7 Å². The maximum absolute atomic E-state index is 11.4. The Bertz CT molecular complexity index is 607. The molecule has 0 saturated carbocycles. The molecule has 0 aliphatic heterocycles. The minimum atomic E-state index is -0.237. The highest BCUT2D eigenvalue weighted by Gasteiger charge is 2.19. The second kappa shape index (κ2) is 4.29. The summed E-state index contributed by atoms with van der Waals surface area (Å²) < 4.78 is 1.54. The molecule has 4 heteroatoms. The molecule has 0 radical (unpaired) electrons. The molecule has 1 heterocycles. The zero-order valence-electron chi connectivity index (χ0n) is 11.0. The van der Waals surface area contributed by atoms with Crippen LogP contribution >= 0.6 is 0 Å². The number of aromatic hydroxyl groups is 1. The van der Waals surface area contributed by atoms with Gasteiger partial charge in [0.1, 0.15) is 5.69 Å². The van der Waals surface area contributed by atoms with Gasteiger partial charge in [-0.15, -0.1) is 0 Å². The first-order valence-electron chi connectivity index (χ1n) is 5.75. The molecule has 2 rings (SSSR count). The Morgan fingerprint density at radius 3 is 2.22 bits per heavy atom. The highest BCUT2D eigenvalue weighted by molar-refractivity contribution is 5.97. The Kier molecular flexibility index (Phi) is 2.95. The van der Waals surface area contributed by atoms with Gasteiger partial charge in [0.15, 0.2) is 17.2 Å². The lowest BCUT2D eigenvalue weighted by Crippen LogP contribution is -1.97. The molecule has 0 aliphatic rings. The van der Waals surface area contributed by atoms with Gasteiger partial charge in [-0.1, -0.05) is 17.2 Å². The second-order valence-electron chi connectivity index (χ2n) is 4.60. The van der Waals surface area contributed by atoms with Crippen molar-refractivity contribution in [3.05, 3.63) is 35.0 Å². The van der Waals surface area contributed by atoms with Gasteiger partial charge in [-0.25, -0.2) is 0 Å². The fourth-order valence-electron chi connectivity index (χ4n) is 2.18. The number of aryl methyl sites for hydroxylation is 3. The molecule has 0 amide bonds. The van der Waals surface area contributed by atoms with Crippen LogP contribution < -0.4 is 0 Å². The second-order valence-corrected chi connectivity index (χ2v) is 4.60. The lowest BCUT2D eigenvalue weighted by atomic mass is 10.0. The molecule has 0 unspecified atom stereocenters. The highest BCUT2D eigenvalue weighted by atomic mass is 16.3. The molecule has 18 heavy (non-hydrogen) atoms. The maximum atomic E-state index is 11.4. The van der Waals surface area contributed by atoms with Gasteiger partial charge in [0.25, 0.3) is 0 Å². The van der Waals surface area contributed by atoms with Crippen LogP contribution in [0.15, 0.2) is 18.2 Å². The summed E-state index contributed by atoms with van der Waals surface area (Å²) in [5, 5.41) is 14.2. The summed E-state index contributed by atoms with van der Waals surface area (Å²) in [5.41, 5.74) is 3.77. The molecule has 1 N–H and O–H groups in total.